The van der Waals surface area contributed by atoms with Gasteiger partial charge in [0.15, 0.2) is 0 Å². The summed E-state index contributed by atoms with van der Waals surface area (Å²) >= 11 is 1.43. The summed E-state index contributed by atoms with van der Waals surface area (Å²) in [6.07, 6.45) is 2.25. The number of thiophene rings is 1. The van der Waals surface area contributed by atoms with Crippen molar-refractivity contribution in [2.24, 2.45) is 0 Å². The summed E-state index contributed by atoms with van der Waals surface area (Å²) in [6.45, 7) is 1.66. The lowest BCUT2D eigenvalue weighted by molar-refractivity contribution is 0.242. The summed E-state index contributed by atoms with van der Waals surface area (Å²) < 4.78 is 6.04. The van der Waals surface area contributed by atoms with Crippen molar-refractivity contribution in [3.8, 4) is 5.75 Å². The van der Waals surface area contributed by atoms with Gasteiger partial charge in [-0.1, -0.05) is 12.1 Å². The van der Waals surface area contributed by atoms with Crippen molar-refractivity contribution in [1.29, 1.82) is 0 Å². The van der Waals surface area contributed by atoms with Gasteiger partial charge in [0.25, 0.3) is 5.56 Å². The molecule has 1 atom stereocenters. The maximum Gasteiger partial charge on any atom is 0.268 e. The molecule has 1 fully saturated rings. The normalized spacial score (nSPS) is 18.3. The molecule has 1 aliphatic rings. The third kappa shape index (κ3) is 2.83. The molecule has 24 heavy (non-hydrogen) atoms. The van der Waals surface area contributed by atoms with E-state index in [1.165, 1.54) is 16.9 Å². The molecule has 5 nitrogen and oxygen atoms in total. The number of aromatic amines is 1. The van der Waals surface area contributed by atoms with Gasteiger partial charge in [0.05, 0.1) is 19.2 Å². The van der Waals surface area contributed by atoms with Gasteiger partial charge in [-0.2, -0.15) is 0 Å². The maximum atomic E-state index is 12.1. The van der Waals surface area contributed by atoms with Gasteiger partial charge in [0, 0.05) is 6.04 Å². The van der Waals surface area contributed by atoms with Crippen LogP contribution in [-0.4, -0.2) is 28.5 Å². The molecule has 2 aromatic heterocycles. The van der Waals surface area contributed by atoms with E-state index in [1.807, 2.05) is 23.6 Å². The predicted octanol–water partition coefficient (Wildman–Crippen LogP) is 3.33. The van der Waals surface area contributed by atoms with E-state index in [1.54, 1.807) is 7.11 Å². The summed E-state index contributed by atoms with van der Waals surface area (Å²) in [6, 6.07) is 10.5. The molecular formula is C18H19N3O2S. The molecule has 124 valence electrons. The summed E-state index contributed by atoms with van der Waals surface area (Å²) in [5, 5.41) is 1.91. The van der Waals surface area contributed by atoms with E-state index in [0.717, 1.165) is 36.5 Å². The highest BCUT2D eigenvalue weighted by Crippen LogP contribution is 2.34. The zero-order chi connectivity index (χ0) is 16.5. The summed E-state index contributed by atoms with van der Waals surface area (Å²) in [7, 11) is 1.69. The van der Waals surface area contributed by atoms with Crippen LogP contribution in [0.15, 0.2) is 40.5 Å². The molecule has 0 saturated carbocycles. The van der Waals surface area contributed by atoms with Gasteiger partial charge in [0.1, 0.15) is 16.3 Å². The number of likely N-dealkylation sites (tertiary alicyclic amines) is 1. The highest BCUT2D eigenvalue weighted by atomic mass is 32.1. The second-order valence-electron chi connectivity index (χ2n) is 6.05. The average molecular weight is 341 g/mol. The van der Waals surface area contributed by atoms with Gasteiger partial charge >= 0.3 is 0 Å². The lowest BCUT2D eigenvalue weighted by Crippen LogP contribution is -2.25. The number of rotatable bonds is 4. The third-order valence-electron chi connectivity index (χ3n) is 4.56. The van der Waals surface area contributed by atoms with Gasteiger partial charge < -0.3 is 9.72 Å². The third-order valence-corrected chi connectivity index (χ3v) is 5.46. The number of nitrogens with one attached hydrogen (secondary N) is 1. The smallest absolute Gasteiger partial charge is 0.268 e. The highest BCUT2D eigenvalue weighted by molar-refractivity contribution is 7.17. The molecule has 1 saturated heterocycles. The molecule has 1 N–H and O–H groups in total. The fourth-order valence-electron chi connectivity index (χ4n) is 3.43. The standard InChI is InChI=1S/C18H19N3O2S/c1-23-13-5-2-4-12(10-13)15-6-3-8-21(15)11-16-19-14-7-9-24-17(14)18(22)20-16/h2,4-5,7,9-10,15H,3,6,8,11H2,1H3,(H,19,20,22)/t15-/m0/s1. The number of benzene rings is 1. The van der Waals surface area contributed by atoms with Gasteiger partial charge in [-0.3, -0.25) is 9.69 Å². The molecule has 6 heteroatoms. The van der Waals surface area contributed by atoms with Crippen LogP contribution in [0.5, 0.6) is 5.75 Å². The monoisotopic (exact) mass is 341 g/mol. The predicted molar refractivity (Wildman–Crippen MR) is 95.6 cm³/mol. The van der Waals surface area contributed by atoms with E-state index < -0.39 is 0 Å². The van der Waals surface area contributed by atoms with Crippen molar-refractivity contribution >= 4 is 21.6 Å². The molecule has 0 bridgehead atoms. The van der Waals surface area contributed by atoms with Crippen LogP contribution in [0.2, 0.25) is 0 Å². The van der Waals surface area contributed by atoms with Crippen molar-refractivity contribution in [3.63, 3.8) is 0 Å². The first kappa shape index (κ1) is 15.4. The Morgan fingerprint density at radius 3 is 3.21 bits per heavy atom. The first-order chi connectivity index (χ1) is 11.7. The number of H-pyrrole nitrogens is 1. The number of methoxy groups -OCH3 is 1. The Balaban J connectivity index is 1.61. The molecule has 3 heterocycles. The summed E-state index contributed by atoms with van der Waals surface area (Å²) in [4.78, 5) is 22.1. The van der Waals surface area contributed by atoms with Crippen LogP contribution in [0.4, 0.5) is 0 Å². The van der Waals surface area contributed by atoms with Crippen molar-refractivity contribution in [2.45, 2.75) is 25.4 Å². The second-order valence-corrected chi connectivity index (χ2v) is 6.97. The average Bonchev–Trinajstić information content (AvgIpc) is 3.24. The largest absolute Gasteiger partial charge is 0.497 e. The molecule has 0 aliphatic carbocycles. The Labute approximate surface area is 143 Å². The first-order valence-corrected chi connectivity index (χ1v) is 8.97. The summed E-state index contributed by atoms with van der Waals surface area (Å²) in [5.41, 5.74) is 2.00. The molecule has 4 rings (SSSR count). The minimum absolute atomic E-state index is 0.0397. The van der Waals surface area contributed by atoms with Crippen LogP contribution in [0.1, 0.15) is 30.3 Å². The lowest BCUT2D eigenvalue weighted by Gasteiger charge is -2.24. The summed E-state index contributed by atoms with van der Waals surface area (Å²) in [5.74, 6) is 1.62. The van der Waals surface area contributed by atoms with Crippen molar-refractivity contribution in [2.75, 3.05) is 13.7 Å². The molecule has 3 aromatic rings. The Bertz CT molecular complexity index is 918. The number of hydrogen-bond acceptors (Lipinski definition) is 5. The van der Waals surface area contributed by atoms with Crippen LogP contribution in [-0.2, 0) is 6.54 Å². The van der Waals surface area contributed by atoms with E-state index in [-0.39, 0.29) is 5.56 Å². The number of hydrogen-bond donors (Lipinski definition) is 1. The lowest BCUT2D eigenvalue weighted by atomic mass is 10.0. The Hall–Kier alpha value is -2.18. The molecule has 0 radical (unpaired) electrons. The quantitative estimate of drug-likeness (QED) is 0.791. The minimum atomic E-state index is -0.0397. The fourth-order valence-corrected chi connectivity index (χ4v) is 4.16. The van der Waals surface area contributed by atoms with Crippen LogP contribution >= 0.6 is 11.3 Å². The molecule has 0 unspecified atom stereocenters. The molecule has 0 amide bonds. The van der Waals surface area contributed by atoms with Gasteiger partial charge in [-0.05, 0) is 48.5 Å². The number of aromatic nitrogens is 2. The SMILES string of the molecule is COc1cccc([C@@H]2CCCN2Cc2nc3ccsc3c(=O)[nH]2)c1. The Kier molecular flexibility index (Phi) is 4.08. The van der Waals surface area contributed by atoms with Gasteiger partial charge in [0.2, 0.25) is 0 Å². The van der Waals surface area contributed by atoms with Crippen molar-refractivity contribution in [3.05, 3.63) is 57.5 Å². The Morgan fingerprint density at radius 1 is 1.42 bits per heavy atom. The van der Waals surface area contributed by atoms with E-state index in [4.69, 9.17) is 4.74 Å². The van der Waals surface area contributed by atoms with Crippen LogP contribution < -0.4 is 10.3 Å². The highest BCUT2D eigenvalue weighted by Gasteiger charge is 2.27. The van der Waals surface area contributed by atoms with Crippen molar-refractivity contribution < 1.29 is 4.74 Å². The number of nitrogens with zero attached hydrogens (tertiary/aromatic N) is 2. The molecular weight excluding hydrogens is 322 g/mol. The van der Waals surface area contributed by atoms with Crippen molar-refractivity contribution in [1.82, 2.24) is 14.9 Å². The number of ether oxygens (including phenoxy) is 1. The van der Waals surface area contributed by atoms with E-state index in [2.05, 4.69) is 27.0 Å². The van der Waals surface area contributed by atoms with Gasteiger partial charge in [-0.15, -0.1) is 11.3 Å². The zero-order valence-corrected chi connectivity index (χ0v) is 14.3. The van der Waals surface area contributed by atoms with E-state index in [9.17, 15) is 4.79 Å². The maximum absolute atomic E-state index is 12.1. The minimum Gasteiger partial charge on any atom is -0.497 e. The second kappa shape index (κ2) is 6.37. The number of fused-ring (bicyclic) bond motifs is 1. The molecule has 1 aromatic carbocycles. The first-order valence-electron chi connectivity index (χ1n) is 8.09. The zero-order valence-electron chi connectivity index (χ0n) is 13.5. The van der Waals surface area contributed by atoms with Crippen LogP contribution in [0.3, 0.4) is 0 Å². The Morgan fingerprint density at radius 2 is 2.33 bits per heavy atom. The molecule has 0 spiro atoms. The fraction of sp³-hybridized carbons (Fsp3) is 0.333. The van der Waals surface area contributed by atoms with Crippen LogP contribution in [0, 0.1) is 0 Å². The molecule has 1 aliphatic heterocycles. The topological polar surface area (TPSA) is 58.2 Å². The van der Waals surface area contributed by atoms with Crippen LogP contribution in [0.25, 0.3) is 10.2 Å². The van der Waals surface area contributed by atoms with Gasteiger partial charge in [-0.25, -0.2) is 4.98 Å². The van der Waals surface area contributed by atoms with E-state index >= 15 is 0 Å². The van der Waals surface area contributed by atoms with E-state index in [0.29, 0.717) is 17.3 Å².